The summed E-state index contributed by atoms with van der Waals surface area (Å²) < 4.78 is 28.0. The summed E-state index contributed by atoms with van der Waals surface area (Å²) in [5.74, 6) is -0.0291. The monoisotopic (exact) mass is 429 g/mol. The molecule has 0 spiro atoms. The number of rotatable bonds is 7. The highest BCUT2D eigenvalue weighted by molar-refractivity contribution is 7.87. The minimum atomic E-state index is -3.57. The van der Waals surface area contributed by atoms with Crippen molar-refractivity contribution in [1.82, 2.24) is 4.90 Å². The fourth-order valence-electron chi connectivity index (χ4n) is 2.34. The second kappa shape index (κ2) is 8.95. The first-order chi connectivity index (χ1) is 12.6. The second-order valence-corrected chi connectivity index (χ2v) is 8.90. The van der Waals surface area contributed by atoms with Crippen LogP contribution >= 0.6 is 23.2 Å². The van der Waals surface area contributed by atoms with Gasteiger partial charge in [-0.2, -0.15) is 8.42 Å². The average molecular weight is 430 g/mol. The number of benzene rings is 2. The number of halogens is 2. The predicted octanol–water partition coefficient (Wildman–Crippen LogP) is 4.77. The quantitative estimate of drug-likeness (QED) is 0.594. The molecule has 0 aliphatic rings. The smallest absolute Gasteiger partial charge is 0.308 e. The van der Waals surface area contributed by atoms with Crippen molar-refractivity contribution in [2.75, 3.05) is 5.75 Å². The molecule has 1 amide bonds. The van der Waals surface area contributed by atoms with Crippen LogP contribution in [0.15, 0.2) is 42.5 Å². The van der Waals surface area contributed by atoms with Gasteiger partial charge in [0.15, 0.2) is 0 Å². The molecule has 27 heavy (non-hydrogen) atoms. The van der Waals surface area contributed by atoms with Crippen LogP contribution in [0.25, 0.3) is 0 Å². The SMILES string of the molecule is CCS(=O)(=O)Oc1ccc(CN(C(=O)c2ccc(Cl)c(Cl)c2)C(C)C)cc1. The van der Waals surface area contributed by atoms with E-state index >= 15 is 0 Å². The summed E-state index contributed by atoms with van der Waals surface area (Å²) >= 11 is 11.9. The lowest BCUT2D eigenvalue weighted by atomic mass is 10.1. The third-order valence-corrected chi connectivity index (χ3v) is 5.80. The molecule has 0 unspecified atom stereocenters. The van der Waals surface area contributed by atoms with Gasteiger partial charge in [0.05, 0.1) is 15.8 Å². The summed E-state index contributed by atoms with van der Waals surface area (Å²) in [6, 6.07) is 11.3. The summed E-state index contributed by atoms with van der Waals surface area (Å²) in [6.07, 6.45) is 0. The molecule has 0 saturated heterocycles. The Labute approximate surface area is 170 Å². The maximum Gasteiger partial charge on any atom is 0.308 e. The van der Waals surface area contributed by atoms with E-state index in [1.54, 1.807) is 47.4 Å². The highest BCUT2D eigenvalue weighted by Gasteiger charge is 2.20. The van der Waals surface area contributed by atoms with Crippen LogP contribution < -0.4 is 4.18 Å². The van der Waals surface area contributed by atoms with Gasteiger partial charge in [-0.25, -0.2) is 0 Å². The van der Waals surface area contributed by atoms with Crippen LogP contribution in [0.1, 0.15) is 36.7 Å². The fraction of sp³-hybridized carbons (Fsp3) is 0.316. The Hall–Kier alpha value is -1.76. The lowest BCUT2D eigenvalue weighted by Crippen LogP contribution is -2.36. The van der Waals surface area contributed by atoms with Gasteiger partial charge in [-0.05, 0) is 56.7 Å². The molecule has 5 nitrogen and oxygen atoms in total. The maximum absolute atomic E-state index is 12.9. The molecule has 0 aliphatic heterocycles. The minimum Gasteiger partial charge on any atom is -0.382 e. The zero-order valence-electron chi connectivity index (χ0n) is 15.3. The minimum absolute atomic E-state index is 0.0525. The Kier molecular flexibility index (Phi) is 7.14. The second-order valence-electron chi connectivity index (χ2n) is 6.23. The average Bonchev–Trinajstić information content (AvgIpc) is 2.62. The van der Waals surface area contributed by atoms with Crippen molar-refractivity contribution >= 4 is 39.2 Å². The van der Waals surface area contributed by atoms with E-state index in [0.29, 0.717) is 22.2 Å². The molecule has 0 saturated carbocycles. The molecule has 2 aromatic rings. The lowest BCUT2D eigenvalue weighted by molar-refractivity contribution is 0.0690. The van der Waals surface area contributed by atoms with E-state index in [-0.39, 0.29) is 23.5 Å². The highest BCUT2D eigenvalue weighted by Crippen LogP contribution is 2.24. The van der Waals surface area contributed by atoms with Crippen LogP contribution in [0.3, 0.4) is 0 Å². The maximum atomic E-state index is 12.9. The molecular formula is C19H21Cl2NO4S. The summed E-state index contributed by atoms with van der Waals surface area (Å²) in [5, 5.41) is 0.715. The molecule has 146 valence electrons. The summed E-state index contributed by atoms with van der Waals surface area (Å²) in [7, 11) is -3.57. The molecule has 0 heterocycles. The van der Waals surface area contributed by atoms with E-state index in [1.165, 1.54) is 6.92 Å². The Balaban J connectivity index is 2.18. The van der Waals surface area contributed by atoms with Gasteiger partial charge in [-0.15, -0.1) is 0 Å². The van der Waals surface area contributed by atoms with Gasteiger partial charge in [0.2, 0.25) is 0 Å². The number of nitrogens with zero attached hydrogens (tertiary/aromatic N) is 1. The molecule has 8 heteroatoms. The molecule has 0 N–H and O–H groups in total. The molecule has 2 rings (SSSR count). The summed E-state index contributed by atoms with van der Waals surface area (Å²) in [5.41, 5.74) is 1.30. The number of carbonyl (C=O) groups is 1. The first kappa shape index (κ1) is 21.5. The van der Waals surface area contributed by atoms with E-state index in [0.717, 1.165) is 5.56 Å². The third kappa shape index (κ3) is 5.86. The molecule has 0 radical (unpaired) electrons. The van der Waals surface area contributed by atoms with Crippen molar-refractivity contribution in [2.24, 2.45) is 0 Å². The molecule has 0 bridgehead atoms. The van der Waals surface area contributed by atoms with Crippen molar-refractivity contribution in [3.8, 4) is 5.75 Å². The van der Waals surface area contributed by atoms with Crippen LogP contribution in [0.5, 0.6) is 5.75 Å². The van der Waals surface area contributed by atoms with Gasteiger partial charge in [-0.1, -0.05) is 35.3 Å². The van der Waals surface area contributed by atoms with Crippen LogP contribution in [0, 0.1) is 0 Å². The van der Waals surface area contributed by atoms with E-state index in [4.69, 9.17) is 27.4 Å². The van der Waals surface area contributed by atoms with E-state index in [9.17, 15) is 13.2 Å². The first-order valence-electron chi connectivity index (χ1n) is 8.40. The largest absolute Gasteiger partial charge is 0.382 e. The van der Waals surface area contributed by atoms with Crippen LogP contribution in [-0.4, -0.2) is 31.0 Å². The van der Waals surface area contributed by atoms with E-state index in [2.05, 4.69) is 0 Å². The van der Waals surface area contributed by atoms with Crippen LogP contribution in [0.2, 0.25) is 10.0 Å². The zero-order valence-corrected chi connectivity index (χ0v) is 17.6. The topological polar surface area (TPSA) is 63.7 Å². The van der Waals surface area contributed by atoms with Crippen LogP contribution in [-0.2, 0) is 16.7 Å². The van der Waals surface area contributed by atoms with Gasteiger partial charge in [0, 0.05) is 18.2 Å². The standard InChI is InChI=1S/C19H21Cl2NO4S/c1-4-27(24,25)26-16-8-5-14(6-9-16)12-22(13(2)3)19(23)15-7-10-17(20)18(21)11-15/h5-11,13H,4,12H2,1-3H3. The summed E-state index contributed by atoms with van der Waals surface area (Å²) in [4.78, 5) is 14.6. The van der Waals surface area contributed by atoms with Crippen molar-refractivity contribution in [3.63, 3.8) is 0 Å². The van der Waals surface area contributed by atoms with Crippen molar-refractivity contribution < 1.29 is 17.4 Å². The molecule has 0 aliphatic carbocycles. The normalized spacial score (nSPS) is 11.5. The highest BCUT2D eigenvalue weighted by atomic mass is 35.5. The van der Waals surface area contributed by atoms with Gasteiger partial charge in [0.25, 0.3) is 5.91 Å². The number of amides is 1. The van der Waals surface area contributed by atoms with Crippen molar-refractivity contribution in [1.29, 1.82) is 0 Å². The number of hydrogen-bond acceptors (Lipinski definition) is 4. The third-order valence-electron chi connectivity index (χ3n) is 3.90. The van der Waals surface area contributed by atoms with Gasteiger partial charge in [0.1, 0.15) is 5.75 Å². The fourth-order valence-corrected chi connectivity index (χ4v) is 3.16. The summed E-state index contributed by atoms with van der Waals surface area (Å²) in [6.45, 7) is 5.71. The van der Waals surface area contributed by atoms with Crippen molar-refractivity contribution in [2.45, 2.75) is 33.4 Å². The molecule has 2 aromatic carbocycles. The van der Waals surface area contributed by atoms with Gasteiger partial charge < -0.3 is 9.08 Å². The Bertz CT molecular complexity index is 912. The van der Waals surface area contributed by atoms with E-state index in [1.807, 2.05) is 13.8 Å². The zero-order chi connectivity index (χ0) is 20.2. The molecule has 0 fully saturated rings. The van der Waals surface area contributed by atoms with Crippen LogP contribution in [0.4, 0.5) is 0 Å². The Morgan fingerprint density at radius 3 is 2.22 bits per heavy atom. The first-order valence-corrected chi connectivity index (χ1v) is 10.7. The lowest BCUT2D eigenvalue weighted by Gasteiger charge is -2.27. The van der Waals surface area contributed by atoms with Crippen molar-refractivity contribution in [3.05, 3.63) is 63.6 Å². The molecule has 0 aromatic heterocycles. The molecule has 0 atom stereocenters. The Morgan fingerprint density at radius 1 is 1.07 bits per heavy atom. The van der Waals surface area contributed by atoms with Gasteiger partial charge in [-0.3, -0.25) is 4.79 Å². The van der Waals surface area contributed by atoms with Gasteiger partial charge >= 0.3 is 10.1 Å². The Morgan fingerprint density at radius 2 is 1.70 bits per heavy atom. The molecular weight excluding hydrogens is 409 g/mol. The number of carbonyl (C=O) groups excluding carboxylic acids is 1. The van der Waals surface area contributed by atoms with E-state index < -0.39 is 10.1 Å². The number of hydrogen-bond donors (Lipinski definition) is 0. The predicted molar refractivity (Wildman–Crippen MR) is 108 cm³/mol.